The second kappa shape index (κ2) is 10.8. The number of nitrogens with zero attached hydrogens (tertiary/aromatic N) is 1. The van der Waals surface area contributed by atoms with Crippen LogP contribution in [-0.2, 0) is 16.2 Å². The number of benzene rings is 2. The molecule has 0 unspecified atom stereocenters. The van der Waals surface area contributed by atoms with Crippen molar-refractivity contribution in [3.8, 4) is 11.5 Å². The number of amides is 2. The molecular weight excluding hydrogens is 552 g/mol. The molecule has 4 aliphatic carbocycles. The summed E-state index contributed by atoms with van der Waals surface area (Å²) in [5, 5.41) is 1.63. The van der Waals surface area contributed by atoms with E-state index in [1.54, 1.807) is 18.2 Å². The van der Waals surface area contributed by atoms with Crippen molar-refractivity contribution in [2.45, 2.75) is 52.1 Å². The Morgan fingerprint density at radius 3 is 2.44 bits per heavy atom. The first-order valence-corrected chi connectivity index (χ1v) is 15.2. The zero-order valence-corrected chi connectivity index (χ0v) is 24.2. The number of rotatable bonds is 8. The van der Waals surface area contributed by atoms with Gasteiger partial charge >= 0.3 is 0 Å². The number of thiocarbonyl (C=S) groups is 1. The summed E-state index contributed by atoms with van der Waals surface area (Å²) in [7, 11) is 0. The highest BCUT2D eigenvalue weighted by Crippen LogP contribution is 2.60. The van der Waals surface area contributed by atoms with Crippen LogP contribution in [-0.4, -0.2) is 27.8 Å². The Balaban J connectivity index is 1.18. The van der Waals surface area contributed by atoms with Gasteiger partial charge in [-0.25, -0.2) is 0 Å². The largest absolute Gasteiger partial charge is 0.490 e. The standard InChI is InChI=1S/C30H31ClN2O4S2/c1-2-36-24-12-19(11-23(31)26(24)37-17-18-6-4-3-5-7-18)13-25-27(34)33(29(38)39-25)32-28(35)30-14-20-8-21(15-30)10-22(9-20)16-30/h3-7,11-13,20-22H,2,8-10,14-17H2,1H3,(H,32,35)/b25-13-. The van der Waals surface area contributed by atoms with Crippen molar-refractivity contribution < 1.29 is 19.1 Å². The number of hydrazine groups is 1. The lowest BCUT2D eigenvalue weighted by Gasteiger charge is -2.55. The molecule has 0 aromatic heterocycles. The predicted molar refractivity (Wildman–Crippen MR) is 157 cm³/mol. The molecule has 7 rings (SSSR count). The molecule has 1 aliphatic heterocycles. The van der Waals surface area contributed by atoms with Gasteiger partial charge in [0.1, 0.15) is 6.61 Å². The number of carbonyl (C=O) groups is 2. The van der Waals surface area contributed by atoms with Crippen molar-refractivity contribution in [1.82, 2.24) is 10.4 Å². The first-order valence-electron chi connectivity index (χ1n) is 13.6. The van der Waals surface area contributed by atoms with Crippen LogP contribution in [0, 0.1) is 23.2 Å². The summed E-state index contributed by atoms with van der Waals surface area (Å²) in [6.07, 6.45) is 8.24. The summed E-state index contributed by atoms with van der Waals surface area (Å²) in [4.78, 5) is 27.3. The maximum atomic E-state index is 13.5. The van der Waals surface area contributed by atoms with Gasteiger partial charge in [0.25, 0.3) is 5.91 Å². The Morgan fingerprint density at radius 2 is 1.79 bits per heavy atom. The Hall–Kier alpha value is -2.55. The molecule has 2 aromatic rings. The molecule has 6 nitrogen and oxygen atoms in total. The molecule has 5 aliphatic rings. The second-order valence-electron chi connectivity index (χ2n) is 11.2. The summed E-state index contributed by atoms with van der Waals surface area (Å²) < 4.78 is 12.2. The minimum absolute atomic E-state index is 0.0549. The molecule has 1 saturated heterocycles. The molecule has 9 heteroatoms. The van der Waals surface area contributed by atoms with Gasteiger partial charge in [-0.3, -0.25) is 15.0 Å². The van der Waals surface area contributed by atoms with E-state index in [1.165, 1.54) is 36.0 Å². The third-order valence-electron chi connectivity index (χ3n) is 8.38. The Bertz CT molecular complexity index is 1310. The average Bonchev–Trinajstić information content (AvgIpc) is 3.15. The highest BCUT2D eigenvalue weighted by atomic mass is 35.5. The predicted octanol–water partition coefficient (Wildman–Crippen LogP) is 6.77. The molecule has 0 atom stereocenters. The fourth-order valence-corrected chi connectivity index (χ4v) is 8.58. The van der Waals surface area contributed by atoms with Crippen LogP contribution in [0.25, 0.3) is 6.08 Å². The summed E-state index contributed by atoms with van der Waals surface area (Å²) in [6, 6.07) is 13.4. The molecule has 39 heavy (non-hydrogen) atoms. The van der Waals surface area contributed by atoms with Crippen molar-refractivity contribution in [3.63, 3.8) is 0 Å². The topological polar surface area (TPSA) is 67.9 Å². The SMILES string of the molecule is CCOc1cc(/C=C2\SC(=S)N(NC(=O)C34CC5CC(CC(C5)C3)C4)C2=O)cc(Cl)c1OCc1ccccc1. The van der Waals surface area contributed by atoms with Crippen LogP contribution >= 0.6 is 35.6 Å². The van der Waals surface area contributed by atoms with E-state index in [0.29, 0.717) is 62.3 Å². The molecule has 1 N–H and O–H groups in total. The number of halogens is 1. The van der Waals surface area contributed by atoms with E-state index in [0.717, 1.165) is 24.8 Å². The van der Waals surface area contributed by atoms with E-state index in [-0.39, 0.29) is 17.2 Å². The van der Waals surface area contributed by atoms with Gasteiger partial charge in [-0.1, -0.05) is 53.7 Å². The van der Waals surface area contributed by atoms with Crippen LogP contribution in [0.5, 0.6) is 11.5 Å². The van der Waals surface area contributed by atoms with E-state index < -0.39 is 0 Å². The van der Waals surface area contributed by atoms with E-state index in [4.69, 9.17) is 33.3 Å². The maximum Gasteiger partial charge on any atom is 0.285 e. The summed E-state index contributed by atoms with van der Waals surface area (Å²) in [5.41, 5.74) is 4.24. The van der Waals surface area contributed by atoms with E-state index in [2.05, 4.69) is 5.43 Å². The maximum absolute atomic E-state index is 13.5. The van der Waals surface area contributed by atoms with E-state index >= 15 is 0 Å². The average molecular weight is 583 g/mol. The van der Waals surface area contributed by atoms with Gasteiger partial charge in [0.05, 0.1) is 21.9 Å². The van der Waals surface area contributed by atoms with Gasteiger partial charge in [0.2, 0.25) is 5.91 Å². The van der Waals surface area contributed by atoms with Crippen LogP contribution in [0.15, 0.2) is 47.4 Å². The smallest absolute Gasteiger partial charge is 0.285 e. The van der Waals surface area contributed by atoms with Crippen LogP contribution in [0.1, 0.15) is 56.6 Å². The molecule has 5 fully saturated rings. The van der Waals surface area contributed by atoms with Gasteiger partial charge < -0.3 is 9.47 Å². The van der Waals surface area contributed by atoms with E-state index in [1.807, 2.05) is 37.3 Å². The summed E-state index contributed by atoms with van der Waals surface area (Å²) >= 11 is 13.3. The van der Waals surface area contributed by atoms with Crippen molar-refractivity contribution in [1.29, 1.82) is 0 Å². The fourth-order valence-electron chi connectivity index (χ4n) is 7.13. The number of hydrogen-bond acceptors (Lipinski definition) is 6. The van der Waals surface area contributed by atoms with Crippen LogP contribution in [0.4, 0.5) is 0 Å². The molecule has 0 spiro atoms. The summed E-state index contributed by atoms with van der Waals surface area (Å²) in [6.45, 7) is 2.67. The summed E-state index contributed by atoms with van der Waals surface area (Å²) in [5.74, 6) is 2.47. The van der Waals surface area contributed by atoms with Gasteiger partial charge in [-0.05, 0) is 105 Å². The van der Waals surface area contributed by atoms with Crippen LogP contribution < -0.4 is 14.9 Å². The monoisotopic (exact) mass is 582 g/mol. The van der Waals surface area contributed by atoms with Gasteiger partial charge in [-0.2, -0.15) is 5.01 Å². The Kier molecular flexibility index (Phi) is 7.37. The molecule has 1 heterocycles. The van der Waals surface area contributed by atoms with Crippen molar-refractivity contribution in [2.75, 3.05) is 6.61 Å². The normalized spacial score (nSPS) is 28.3. The lowest BCUT2D eigenvalue weighted by molar-refractivity contribution is -0.152. The second-order valence-corrected chi connectivity index (χ2v) is 13.3. The first kappa shape index (κ1) is 26.7. The van der Waals surface area contributed by atoms with Crippen LogP contribution in [0.2, 0.25) is 5.02 Å². The molecule has 4 saturated carbocycles. The molecule has 4 bridgehead atoms. The quantitative estimate of drug-likeness (QED) is 0.274. The Morgan fingerprint density at radius 1 is 1.13 bits per heavy atom. The highest BCUT2D eigenvalue weighted by molar-refractivity contribution is 8.26. The fraction of sp³-hybridized carbons (Fsp3) is 0.433. The lowest BCUT2D eigenvalue weighted by Crippen LogP contribution is -2.57. The third-order valence-corrected chi connectivity index (χ3v) is 9.97. The third kappa shape index (κ3) is 5.31. The van der Waals surface area contributed by atoms with Crippen LogP contribution in [0.3, 0.4) is 0 Å². The van der Waals surface area contributed by atoms with Gasteiger partial charge in [-0.15, -0.1) is 0 Å². The molecular formula is C30H31ClN2O4S2. The molecule has 204 valence electrons. The Labute approximate surface area is 243 Å². The van der Waals surface area contributed by atoms with Crippen molar-refractivity contribution >= 4 is 57.8 Å². The zero-order valence-electron chi connectivity index (χ0n) is 21.8. The van der Waals surface area contributed by atoms with Gasteiger partial charge in [0.15, 0.2) is 15.8 Å². The number of ether oxygens (including phenoxy) is 2. The number of hydrogen-bond donors (Lipinski definition) is 1. The number of nitrogens with one attached hydrogen (secondary N) is 1. The minimum Gasteiger partial charge on any atom is -0.490 e. The van der Waals surface area contributed by atoms with Crippen molar-refractivity contribution in [2.24, 2.45) is 23.2 Å². The lowest BCUT2D eigenvalue weighted by atomic mass is 9.49. The highest BCUT2D eigenvalue weighted by Gasteiger charge is 2.55. The van der Waals surface area contributed by atoms with Crippen molar-refractivity contribution in [3.05, 3.63) is 63.5 Å². The molecule has 2 amide bonds. The first-order chi connectivity index (χ1) is 18.8. The van der Waals surface area contributed by atoms with E-state index in [9.17, 15) is 9.59 Å². The minimum atomic E-state index is -0.364. The molecule has 2 aromatic carbocycles. The zero-order chi connectivity index (χ0) is 27.1. The number of thioether (sulfide) groups is 1. The molecule has 0 radical (unpaired) electrons. The van der Waals surface area contributed by atoms with Gasteiger partial charge in [0, 0.05) is 0 Å². The number of carbonyl (C=O) groups excluding carboxylic acids is 2.